The zero-order chi connectivity index (χ0) is 10.7. The van der Waals surface area contributed by atoms with Crippen molar-refractivity contribution in [3.8, 4) is 0 Å². The third-order valence-electron chi connectivity index (χ3n) is 2.74. The van der Waals surface area contributed by atoms with E-state index in [0.29, 0.717) is 11.8 Å². The molecule has 2 unspecified atom stereocenters. The molecule has 2 rings (SSSR count). The Labute approximate surface area is 89.4 Å². The Morgan fingerprint density at radius 3 is 3.13 bits per heavy atom. The third kappa shape index (κ3) is 2.76. The van der Waals surface area contributed by atoms with E-state index < -0.39 is 0 Å². The van der Waals surface area contributed by atoms with Crippen LogP contribution in [0.4, 0.5) is 0 Å². The van der Waals surface area contributed by atoms with Crippen molar-refractivity contribution in [3.63, 3.8) is 0 Å². The lowest BCUT2D eigenvalue weighted by Gasteiger charge is -2.20. The average molecular weight is 210 g/mol. The monoisotopic (exact) mass is 210 g/mol. The van der Waals surface area contributed by atoms with Crippen LogP contribution in [0.1, 0.15) is 37.5 Å². The van der Waals surface area contributed by atoms with Gasteiger partial charge in [0.15, 0.2) is 5.82 Å². The van der Waals surface area contributed by atoms with E-state index in [1.54, 1.807) is 0 Å². The minimum absolute atomic E-state index is 0.171. The number of nitrogens with one attached hydrogen (secondary N) is 1. The largest absolute Gasteiger partial charge is 0.338 e. The zero-order valence-electron chi connectivity index (χ0n) is 9.07. The lowest BCUT2D eigenvalue weighted by Crippen LogP contribution is -2.31. The van der Waals surface area contributed by atoms with Crippen molar-refractivity contribution in [3.05, 3.63) is 11.7 Å². The summed E-state index contributed by atoms with van der Waals surface area (Å²) in [6, 6.07) is -0.171. The van der Waals surface area contributed by atoms with Gasteiger partial charge in [0, 0.05) is 6.42 Å². The van der Waals surface area contributed by atoms with Gasteiger partial charge in [0.05, 0.1) is 6.04 Å². The van der Waals surface area contributed by atoms with Crippen LogP contribution in [-0.4, -0.2) is 23.2 Å². The van der Waals surface area contributed by atoms with E-state index in [0.717, 1.165) is 25.3 Å². The number of rotatable bonds is 3. The van der Waals surface area contributed by atoms with Crippen molar-refractivity contribution < 1.29 is 4.52 Å². The van der Waals surface area contributed by atoms with Gasteiger partial charge in [-0.15, -0.1) is 0 Å². The molecule has 0 aromatic carbocycles. The summed E-state index contributed by atoms with van der Waals surface area (Å²) in [5, 5.41) is 7.31. The summed E-state index contributed by atoms with van der Waals surface area (Å²) in [5.74, 6) is 1.96. The fourth-order valence-electron chi connectivity index (χ4n) is 1.89. The van der Waals surface area contributed by atoms with Crippen molar-refractivity contribution in [2.24, 2.45) is 11.7 Å². The van der Waals surface area contributed by atoms with Crippen LogP contribution in [0.25, 0.3) is 0 Å². The molecule has 84 valence electrons. The quantitative estimate of drug-likeness (QED) is 0.765. The number of hydrogen-bond donors (Lipinski definition) is 2. The fraction of sp³-hybridized carbons (Fsp3) is 0.800. The van der Waals surface area contributed by atoms with E-state index in [1.807, 2.05) is 6.92 Å². The van der Waals surface area contributed by atoms with Crippen molar-refractivity contribution in [2.75, 3.05) is 13.1 Å². The molecule has 0 amide bonds. The lowest BCUT2D eigenvalue weighted by molar-refractivity contribution is 0.342. The van der Waals surface area contributed by atoms with Gasteiger partial charge in [-0.3, -0.25) is 0 Å². The van der Waals surface area contributed by atoms with Crippen LogP contribution < -0.4 is 11.1 Å². The first-order chi connectivity index (χ1) is 7.25. The molecule has 1 saturated heterocycles. The maximum Gasteiger partial charge on any atom is 0.243 e. The number of aromatic nitrogens is 2. The first-order valence-electron chi connectivity index (χ1n) is 5.54. The minimum atomic E-state index is -0.171. The highest BCUT2D eigenvalue weighted by Gasteiger charge is 2.17. The van der Waals surface area contributed by atoms with E-state index in [-0.39, 0.29) is 6.04 Å². The second kappa shape index (κ2) is 4.72. The molecule has 5 nitrogen and oxygen atoms in total. The maximum absolute atomic E-state index is 5.65. The molecular formula is C10H18N4O. The highest BCUT2D eigenvalue weighted by Crippen LogP contribution is 2.15. The van der Waals surface area contributed by atoms with Gasteiger partial charge in [0.1, 0.15) is 0 Å². The molecule has 0 saturated carbocycles. The standard InChI is InChI=1S/C10H18N4O/c1-7(11)10-13-9(14-15-10)5-8-3-2-4-12-6-8/h7-8,12H,2-6,11H2,1H3. The molecule has 0 bridgehead atoms. The van der Waals surface area contributed by atoms with E-state index in [4.69, 9.17) is 10.3 Å². The topological polar surface area (TPSA) is 77.0 Å². The molecule has 1 aliphatic heterocycles. The van der Waals surface area contributed by atoms with Crippen LogP contribution in [0.3, 0.4) is 0 Å². The summed E-state index contributed by atoms with van der Waals surface area (Å²) in [6.45, 7) is 4.04. The van der Waals surface area contributed by atoms with Gasteiger partial charge in [0.25, 0.3) is 0 Å². The SMILES string of the molecule is CC(N)c1nc(CC2CCCNC2)no1. The van der Waals surface area contributed by atoms with Crippen LogP contribution >= 0.6 is 0 Å². The first-order valence-corrected chi connectivity index (χ1v) is 5.54. The normalized spacial score (nSPS) is 24.0. The molecule has 0 spiro atoms. The molecule has 5 heteroatoms. The zero-order valence-corrected chi connectivity index (χ0v) is 9.07. The van der Waals surface area contributed by atoms with Crippen molar-refractivity contribution in [1.29, 1.82) is 0 Å². The molecule has 2 atom stereocenters. The Hall–Kier alpha value is -0.940. The Bertz CT molecular complexity index is 304. The molecule has 1 fully saturated rings. The summed E-state index contributed by atoms with van der Waals surface area (Å²) in [6.07, 6.45) is 3.38. The van der Waals surface area contributed by atoms with Crippen LogP contribution in [0, 0.1) is 5.92 Å². The van der Waals surface area contributed by atoms with Crippen LogP contribution in [-0.2, 0) is 6.42 Å². The van der Waals surface area contributed by atoms with E-state index in [2.05, 4.69) is 15.5 Å². The van der Waals surface area contributed by atoms with Gasteiger partial charge < -0.3 is 15.6 Å². The Morgan fingerprint density at radius 1 is 1.67 bits per heavy atom. The van der Waals surface area contributed by atoms with Crippen molar-refractivity contribution >= 4 is 0 Å². The molecule has 1 aliphatic rings. The second-order valence-corrected chi connectivity index (χ2v) is 4.25. The summed E-state index contributed by atoms with van der Waals surface area (Å²) in [7, 11) is 0. The minimum Gasteiger partial charge on any atom is -0.338 e. The third-order valence-corrected chi connectivity index (χ3v) is 2.74. The van der Waals surface area contributed by atoms with Crippen LogP contribution in [0.2, 0.25) is 0 Å². The summed E-state index contributed by atoms with van der Waals surface area (Å²) < 4.78 is 5.06. The molecular weight excluding hydrogens is 192 g/mol. The summed E-state index contributed by atoms with van der Waals surface area (Å²) >= 11 is 0. The predicted molar refractivity (Wildman–Crippen MR) is 56.2 cm³/mol. The average Bonchev–Trinajstić information content (AvgIpc) is 2.68. The highest BCUT2D eigenvalue weighted by molar-refractivity contribution is 4.92. The fourth-order valence-corrected chi connectivity index (χ4v) is 1.89. The molecule has 1 aromatic rings. The Morgan fingerprint density at radius 2 is 2.53 bits per heavy atom. The second-order valence-electron chi connectivity index (χ2n) is 4.25. The van der Waals surface area contributed by atoms with Crippen molar-refractivity contribution in [1.82, 2.24) is 15.5 Å². The maximum atomic E-state index is 5.65. The number of piperidine rings is 1. The van der Waals surface area contributed by atoms with Crippen LogP contribution in [0.15, 0.2) is 4.52 Å². The van der Waals surface area contributed by atoms with Crippen molar-refractivity contribution in [2.45, 2.75) is 32.2 Å². The highest BCUT2D eigenvalue weighted by atomic mass is 16.5. The predicted octanol–water partition coefficient (Wildman–Crippen LogP) is 0.631. The Kier molecular flexibility index (Phi) is 3.33. The number of nitrogens with zero attached hydrogens (tertiary/aromatic N) is 2. The van der Waals surface area contributed by atoms with Gasteiger partial charge >= 0.3 is 0 Å². The van der Waals surface area contributed by atoms with Crippen LogP contribution in [0.5, 0.6) is 0 Å². The van der Waals surface area contributed by atoms with E-state index in [1.165, 1.54) is 12.8 Å². The smallest absolute Gasteiger partial charge is 0.243 e. The number of nitrogens with two attached hydrogens (primary N) is 1. The molecule has 15 heavy (non-hydrogen) atoms. The number of hydrogen-bond acceptors (Lipinski definition) is 5. The Balaban J connectivity index is 1.91. The van der Waals surface area contributed by atoms with Gasteiger partial charge in [0.2, 0.25) is 5.89 Å². The molecule has 2 heterocycles. The van der Waals surface area contributed by atoms with Gasteiger partial charge in [-0.1, -0.05) is 5.16 Å². The molecule has 3 N–H and O–H groups in total. The summed E-state index contributed by atoms with van der Waals surface area (Å²) in [5.41, 5.74) is 5.65. The summed E-state index contributed by atoms with van der Waals surface area (Å²) in [4.78, 5) is 4.27. The van der Waals surface area contributed by atoms with Gasteiger partial charge in [-0.05, 0) is 38.8 Å². The first kappa shape index (κ1) is 10.6. The van der Waals surface area contributed by atoms with Gasteiger partial charge in [-0.2, -0.15) is 4.98 Å². The molecule has 0 aliphatic carbocycles. The molecule has 0 radical (unpaired) electrons. The molecule has 1 aromatic heterocycles. The lowest BCUT2D eigenvalue weighted by atomic mass is 9.96. The van der Waals surface area contributed by atoms with Gasteiger partial charge in [-0.25, -0.2) is 0 Å². The van der Waals surface area contributed by atoms with E-state index in [9.17, 15) is 0 Å². The van der Waals surface area contributed by atoms with E-state index >= 15 is 0 Å².